The normalized spacial score (nSPS) is 37.5. The fraction of sp³-hybridized carbons (Fsp3) is 1.00. The molecule has 0 spiro atoms. The van der Waals surface area contributed by atoms with E-state index in [0.717, 1.165) is 26.1 Å². The van der Waals surface area contributed by atoms with Gasteiger partial charge in [-0.2, -0.15) is 0 Å². The second-order valence-electron chi connectivity index (χ2n) is 8.84. The van der Waals surface area contributed by atoms with Crippen molar-refractivity contribution >= 4 is 21.6 Å². The summed E-state index contributed by atoms with van der Waals surface area (Å²) in [4.78, 5) is 0. The lowest BCUT2D eigenvalue weighted by Gasteiger charge is -2.24. The molecule has 0 aromatic heterocycles. The molecule has 4 rings (SSSR count). The molecule has 2 heterocycles. The molecule has 0 aromatic carbocycles. The molecule has 2 aliphatic heterocycles. The van der Waals surface area contributed by atoms with Gasteiger partial charge in [0.15, 0.2) is 11.6 Å². The van der Waals surface area contributed by atoms with E-state index in [1.165, 1.54) is 25.7 Å². The average molecular weight is 375 g/mol. The van der Waals surface area contributed by atoms with Gasteiger partial charge in [-0.15, -0.1) is 0 Å². The van der Waals surface area contributed by atoms with Crippen LogP contribution in [0.15, 0.2) is 0 Å². The van der Waals surface area contributed by atoms with Crippen molar-refractivity contribution in [3.63, 3.8) is 0 Å². The van der Waals surface area contributed by atoms with Crippen LogP contribution in [-0.2, 0) is 18.9 Å². The SMILES string of the molecule is CC1(C)OCC(CC2(SSC3(C[C@H]4COC(C)(C)O4)CC3)CC2)O1. The topological polar surface area (TPSA) is 36.9 Å². The van der Waals surface area contributed by atoms with Crippen LogP contribution >= 0.6 is 21.6 Å². The van der Waals surface area contributed by atoms with Crippen LogP contribution in [0.1, 0.15) is 66.2 Å². The van der Waals surface area contributed by atoms with Gasteiger partial charge in [0.25, 0.3) is 0 Å². The molecule has 0 bridgehead atoms. The number of hydrogen-bond acceptors (Lipinski definition) is 6. The Bertz CT molecular complexity index is 441. The number of rotatable bonds is 7. The van der Waals surface area contributed by atoms with Crippen molar-refractivity contribution in [2.24, 2.45) is 0 Å². The zero-order valence-electron chi connectivity index (χ0n) is 15.3. The van der Waals surface area contributed by atoms with E-state index in [9.17, 15) is 0 Å². The highest BCUT2D eigenvalue weighted by Crippen LogP contribution is 2.65. The van der Waals surface area contributed by atoms with E-state index in [0.29, 0.717) is 9.49 Å². The fourth-order valence-corrected chi connectivity index (χ4v) is 7.52. The van der Waals surface area contributed by atoms with Gasteiger partial charge in [0, 0.05) is 9.49 Å². The van der Waals surface area contributed by atoms with Crippen molar-refractivity contribution in [1.29, 1.82) is 0 Å². The monoisotopic (exact) mass is 374 g/mol. The van der Waals surface area contributed by atoms with E-state index in [4.69, 9.17) is 18.9 Å². The number of hydrogen-bond donors (Lipinski definition) is 0. The first-order valence-corrected chi connectivity index (χ1v) is 11.3. The van der Waals surface area contributed by atoms with Crippen molar-refractivity contribution in [3.05, 3.63) is 0 Å². The summed E-state index contributed by atoms with van der Waals surface area (Å²) < 4.78 is 24.3. The van der Waals surface area contributed by atoms with Gasteiger partial charge in [0.1, 0.15) is 0 Å². The van der Waals surface area contributed by atoms with Gasteiger partial charge in [-0.05, 0) is 66.2 Å². The van der Waals surface area contributed by atoms with Gasteiger partial charge in [-0.1, -0.05) is 21.6 Å². The summed E-state index contributed by atoms with van der Waals surface area (Å²) in [6.45, 7) is 9.54. The Morgan fingerprint density at radius 1 is 0.708 bits per heavy atom. The molecule has 6 heteroatoms. The van der Waals surface area contributed by atoms with Crippen LogP contribution in [0, 0.1) is 0 Å². The Balaban J connectivity index is 1.24. The summed E-state index contributed by atoms with van der Waals surface area (Å²) in [5.41, 5.74) is 0. The quantitative estimate of drug-likeness (QED) is 0.610. The molecule has 4 aliphatic rings. The van der Waals surface area contributed by atoms with Gasteiger partial charge in [-0.25, -0.2) is 0 Å². The van der Waals surface area contributed by atoms with Crippen molar-refractivity contribution < 1.29 is 18.9 Å². The molecule has 24 heavy (non-hydrogen) atoms. The maximum absolute atomic E-state index is 6.02. The van der Waals surface area contributed by atoms with E-state index in [2.05, 4.69) is 21.6 Å². The largest absolute Gasteiger partial charge is 0.348 e. The van der Waals surface area contributed by atoms with Crippen LogP contribution in [0.25, 0.3) is 0 Å². The Labute approximate surface area is 153 Å². The van der Waals surface area contributed by atoms with Crippen LogP contribution in [0.4, 0.5) is 0 Å². The first-order valence-electron chi connectivity index (χ1n) is 9.19. The van der Waals surface area contributed by atoms with E-state index < -0.39 is 11.6 Å². The molecule has 138 valence electrons. The Hall–Kier alpha value is 0.540. The van der Waals surface area contributed by atoms with Crippen molar-refractivity contribution in [2.75, 3.05) is 13.2 Å². The molecule has 0 aromatic rings. The van der Waals surface area contributed by atoms with E-state index in [1.54, 1.807) is 0 Å². The molecular weight excluding hydrogens is 344 g/mol. The Morgan fingerprint density at radius 2 is 1.08 bits per heavy atom. The molecule has 4 fully saturated rings. The van der Waals surface area contributed by atoms with Crippen molar-refractivity contribution in [2.45, 2.75) is 99.5 Å². The molecule has 2 saturated carbocycles. The fourth-order valence-electron chi connectivity index (χ4n) is 3.66. The molecule has 0 N–H and O–H groups in total. The van der Waals surface area contributed by atoms with Crippen LogP contribution < -0.4 is 0 Å². The second kappa shape index (κ2) is 6.03. The summed E-state index contributed by atoms with van der Waals surface area (Å²) in [6, 6.07) is 0. The lowest BCUT2D eigenvalue weighted by atomic mass is 10.2. The summed E-state index contributed by atoms with van der Waals surface area (Å²) in [5.74, 6) is -0.800. The van der Waals surface area contributed by atoms with Gasteiger partial charge in [0.2, 0.25) is 0 Å². The van der Waals surface area contributed by atoms with Gasteiger partial charge in [0.05, 0.1) is 25.4 Å². The molecule has 1 unspecified atom stereocenters. The van der Waals surface area contributed by atoms with E-state index in [1.807, 2.05) is 27.7 Å². The van der Waals surface area contributed by atoms with Crippen LogP contribution in [0.2, 0.25) is 0 Å². The first-order chi connectivity index (χ1) is 11.2. The minimum absolute atomic E-state index is 0.262. The van der Waals surface area contributed by atoms with Gasteiger partial charge < -0.3 is 18.9 Å². The molecule has 0 radical (unpaired) electrons. The summed E-state index contributed by atoms with van der Waals surface area (Å²) in [5, 5.41) is 0. The van der Waals surface area contributed by atoms with Crippen LogP contribution in [-0.4, -0.2) is 46.5 Å². The highest BCUT2D eigenvalue weighted by Gasteiger charge is 2.53. The highest BCUT2D eigenvalue weighted by molar-refractivity contribution is 8.77. The minimum Gasteiger partial charge on any atom is -0.348 e. The third kappa shape index (κ3) is 4.26. The maximum Gasteiger partial charge on any atom is 0.163 e. The van der Waals surface area contributed by atoms with Crippen LogP contribution in [0.3, 0.4) is 0 Å². The number of ether oxygens (including phenoxy) is 4. The highest BCUT2D eigenvalue weighted by atomic mass is 33.1. The summed E-state index contributed by atoms with van der Waals surface area (Å²) >= 11 is 0. The predicted molar refractivity (Wildman–Crippen MR) is 98.2 cm³/mol. The third-order valence-corrected chi connectivity index (χ3v) is 9.66. The zero-order chi connectivity index (χ0) is 17.1. The lowest BCUT2D eigenvalue weighted by Crippen LogP contribution is -2.25. The predicted octanol–water partition coefficient (Wildman–Crippen LogP) is 4.52. The molecule has 2 atom stereocenters. The Morgan fingerprint density at radius 3 is 1.33 bits per heavy atom. The molecule has 0 amide bonds. The summed E-state index contributed by atoms with van der Waals surface area (Å²) in [7, 11) is 4.23. The third-order valence-electron chi connectivity index (χ3n) is 5.34. The minimum atomic E-state index is -0.400. The smallest absolute Gasteiger partial charge is 0.163 e. The van der Waals surface area contributed by atoms with Crippen molar-refractivity contribution in [1.82, 2.24) is 0 Å². The standard InChI is InChI=1S/C18H30O4S2/c1-15(2)19-11-13(21-15)9-17(5-6-17)23-24-18(7-8-18)10-14-12-20-16(3,4)22-14/h13-14H,5-12H2,1-4H3/t13-,14?/m0/s1. The summed E-state index contributed by atoms with van der Waals surface area (Å²) in [6.07, 6.45) is 8.04. The average Bonchev–Trinajstić information content (AvgIpc) is 3.35. The van der Waals surface area contributed by atoms with Gasteiger partial charge in [-0.3, -0.25) is 0 Å². The van der Waals surface area contributed by atoms with E-state index in [-0.39, 0.29) is 12.2 Å². The van der Waals surface area contributed by atoms with Crippen molar-refractivity contribution in [3.8, 4) is 0 Å². The van der Waals surface area contributed by atoms with E-state index >= 15 is 0 Å². The zero-order valence-corrected chi connectivity index (χ0v) is 16.9. The molecule has 2 aliphatic carbocycles. The lowest BCUT2D eigenvalue weighted by molar-refractivity contribution is -0.139. The molecule has 4 nitrogen and oxygen atoms in total. The first kappa shape index (κ1) is 17.9. The maximum atomic E-state index is 6.02. The van der Waals surface area contributed by atoms with Gasteiger partial charge >= 0.3 is 0 Å². The van der Waals surface area contributed by atoms with Crippen LogP contribution in [0.5, 0.6) is 0 Å². The second-order valence-corrected chi connectivity index (χ2v) is 11.9. The molecule has 2 saturated heterocycles. The Kier molecular flexibility index (Phi) is 4.50. The molecular formula is C18H30O4S2.